The Kier molecular flexibility index (Phi) is 4.32. The molecule has 0 fully saturated rings. The molecule has 0 aliphatic heterocycles. The minimum absolute atomic E-state index is 0.0315. The van der Waals surface area contributed by atoms with Gasteiger partial charge in [-0.1, -0.05) is 15.9 Å². The number of nitrogens with zero attached hydrogens (tertiary/aromatic N) is 3. The molecular weight excluding hydrogens is 258 g/mol. The van der Waals surface area contributed by atoms with E-state index in [1.807, 2.05) is 25.8 Å². The predicted octanol–water partition coefficient (Wildman–Crippen LogP) is 1.66. The largest absolute Gasteiger partial charge is 0.354 e. The fraction of sp³-hybridized carbons (Fsp3) is 0.600. The molecule has 5 heteroatoms. The van der Waals surface area contributed by atoms with Crippen molar-refractivity contribution in [2.75, 3.05) is 23.8 Å². The molecule has 1 heterocycles. The first-order valence-electron chi connectivity index (χ1n) is 4.92. The Labute approximate surface area is 98.1 Å². The first kappa shape index (κ1) is 12.2. The van der Waals surface area contributed by atoms with Gasteiger partial charge in [-0.05, 0) is 13.8 Å². The summed E-state index contributed by atoms with van der Waals surface area (Å²) in [7, 11) is 1.87. The highest BCUT2D eigenvalue weighted by atomic mass is 79.9. The van der Waals surface area contributed by atoms with Gasteiger partial charge in [0, 0.05) is 37.4 Å². The first-order valence-corrected chi connectivity index (χ1v) is 6.04. The third-order valence-electron chi connectivity index (χ3n) is 2.19. The smallest absolute Gasteiger partial charge is 0.293 e. The molecule has 0 bridgehead atoms. The van der Waals surface area contributed by atoms with Crippen LogP contribution in [0.4, 0.5) is 5.82 Å². The van der Waals surface area contributed by atoms with Gasteiger partial charge in [0.15, 0.2) is 5.82 Å². The van der Waals surface area contributed by atoms with Crippen LogP contribution in [0.2, 0.25) is 0 Å². The summed E-state index contributed by atoms with van der Waals surface area (Å²) in [5, 5.41) is 0.821. The van der Waals surface area contributed by atoms with Crippen LogP contribution in [-0.4, -0.2) is 28.5 Å². The van der Waals surface area contributed by atoms with E-state index >= 15 is 0 Å². The summed E-state index contributed by atoms with van der Waals surface area (Å²) < 4.78 is 1.69. The number of halogens is 1. The summed E-state index contributed by atoms with van der Waals surface area (Å²) in [5.74, 6) is 0.505. The van der Waals surface area contributed by atoms with E-state index in [-0.39, 0.29) is 11.6 Å². The van der Waals surface area contributed by atoms with Crippen LogP contribution in [0.1, 0.15) is 19.9 Å². The Morgan fingerprint density at radius 3 is 2.80 bits per heavy atom. The van der Waals surface area contributed by atoms with Crippen molar-refractivity contribution in [1.82, 2.24) is 9.55 Å². The van der Waals surface area contributed by atoms with Gasteiger partial charge in [-0.25, -0.2) is 4.98 Å². The van der Waals surface area contributed by atoms with Crippen LogP contribution >= 0.6 is 15.9 Å². The van der Waals surface area contributed by atoms with Crippen molar-refractivity contribution in [2.45, 2.75) is 19.9 Å². The maximum atomic E-state index is 12.0. The SMILES string of the molecule is CC(C)n1ccnc(N(C)CCBr)c1=O. The molecule has 0 spiro atoms. The summed E-state index contributed by atoms with van der Waals surface area (Å²) >= 11 is 3.34. The molecular formula is C10H16BrN3O. The van der Waals surface area contributed by atoms with Crippen LogP contribution in [0.15, 0.2) is 17.2 Å². The van der Waals surface area contributed by atoms with Crippen LogP contribution < -0.4 is 10.5 Å². The number of aromatic nitrogens is 2. The Balaban J connectivity index is 3.10. The molecule has 0 unspecified atom stereocenters. The summed E-state index contributed by atoms with van der Waals surface area (Å²) in [6.45, 7) is 4.73. The lowest BCUT2D eigenvalue weighted by molar-refractivity contribution is 0.573. The zero-order chi connectivity index (χ0) is 11.4. The number of rotatable bonds is 4. The van der Waals surface area contributed by atoms with Gasteiger partial charge in [0.25, 0.3) is 5.56 Å². The van der Waals surface area contributed by atoms with Crippen molar-refractivity contribution in [2.24, 2.45) is 0 Å². The number of hydrogen-bond acceptors (Lipinski definition) is 3. The molecule has 0 aromatic carbocycles. The first-order chi connectivity index (χ1) is 7.07. The fourth-order valence-corrected chi connectivity index (χ4v) is 1.85. The Morgan fingerprint density at radius 1 is 1.60 bits per heavy atom. The fourth-order valence-electron chi connectivity index (χ4n) is 1.32. The van der Waals surface area contributed by atoms with E-state index in [0.717, 1.165) is 11.9 Å². The molecule has 15 heavy (non-hydrogen) atoms. The van der Waals surface area contributed by atoms with E-state index in [0.29, 0.717) is 5.82 Å². The molecule has 0 N–H and O–H groups in total. The average molecular weight is 274 g/mol. The number of anilines is 1. The maximum Gasteiger partial charge on any atom is 0.293 e. The lowest BCUT2D eigenvalue weighted by atomic mass is 10.4. The van der Waals surface area contributed by atoms with Crippen molar-refractivity contribution in [3.8, 4) is 0 Å². The second-order valence-corrected chi connectivity index (χ2v) is 4.46. The number of alkyl halides is 1. The lowest BCUT2D eigenvalue weighted by Crippen LogP contribution is -2.32. The molecule has 1 rings (SSSR count). The van der Waals surface area contributed by atoms with Crippen LogP contribution in [-0.2, 0) is 0 Å². The second-order valence-electron chi connectivity index (χ2n) is 3.67. The highest BCUT2D eigenvalue weighted by Gasteiger charge is 2.10. The van der Waals surface area contributed by atoms with E-state index in [1.54, 1.807) is 17.0 Å². The van der Waals surface area contributed by atoms with Crippen molar-refractivity contribution in [1.29, 1.82) is 0 Å². The maximum absolute atomic E-state index is 12.0. The quantitative estimate of drug-likeness (QED) is 0.784. The second kappa shape index (κ2) is 5.30. The zero-order valence-electron chi connectivity index (χ0n) is 9.27. The molecule has 0 saturated carbocycles. The topological polar surface area (TPSA) is 38.1 Å². The van der Waals surface area contributed by atoms with Gasteiger partial charge in [0.1, 0.15) is 0 Å². The van der Waals surface area contributed by atoms with E-state index < -0.39 is 0 Å². The molecule has 1 aromatic rings. The minimum atomic E-state index is -0.0315. The third-order valence-corrected chi connectivity index (χ3v) is 2.54. The molecule has 1 aromatic heterocycles. The van der Waals surface area contributed by atoms with Crippen molar-refractivity contribution in [3.05, 3.63) is 22.7 Å². The summed E-state index contributed by atoms with van der Waals surface area (Å²) in [4.78, 5) is 17.9. The van der Waals surface area contributed by atoms with Gasteiger partial charge in [-0.2, -0.15) is 0 Å². The summed E-state index contributed by atoms with van der Waals surface area (Å²) in [6.07, 6.45) is 3.39. The van der Waals surface area contributed by atoms with E-state index in [1.165, 1.54) is 0 Å². The van der Waals surface area contributed by atoms with Gasteiger partial charge >= 0.3 is 0 Å². The Morgan fingerprint density at radius 2 is 2.27 bits per heavy atom. The van der Waals surface area contributed by atoms with Crippen LogP contribution in [0.25, 0.3) is 0 Å². The van der Waals surface area contributed by atoms with Gasteiger partial charge in [0.05, 0.1) is 0 Å². The number of hydrogen-bond donors (Lipinski definition) is 0. The normalized spacial score (nSPS) is 10.7. The van der Waals surface area contributed by atoms with Crippen molar-refractivity contribution >= 4 is 21.7 Å². The van der Waals surface area contributed by atoms with Crippen LogP contribution in [0.5, 0.6) is 0 Å². The molecule has 84 valence electrons. The monoisotopic (exact) mass is 273 g/mol. The molecule has 0 amide bonds. The Bertz CT molecular complexity index is 375. The summed E-state index contributed by atoms with van der Waals surface area (Å²) in [6, 6.07) is 0.164. The molecule has 0 saturated heterocycles. The van der Waals surface area contributed by atoms with E-state index in [4.69, 9.17) is 0 Å². The summed E-state index contributed by atoms with van der Waals surface area (Å²) in [5.41, 5.74) is -0.0315. The standard InChI is InChI=1S/C10H16BrN3O/c1-8(2)14-7-5-12-9(10(14)15)13(3)6-4-11/h5,7-8H,4,6H2,1-3H3. The molecule has 0 aliphatic rings. The van der Waals surface area contributed by atoms with E-state index in [2.05, 4.69) is 20.9 Å². The van der Waals surface area contributed by atoms with Gasteiger partial charge in [-0.3, -0.25) is 4.79 Å². The van der Waals surface area contributed by atoms with Crippen molar-refractivity contribution in [3.63, 3.8) is 0 Å². The van der Waals surface area contributed by atoms with Crippen LogP contribution in [0.3, 0.4) is 0 Å². The van der Waals surface area contributed by atoms with Crippen molar-refractivity contribution < 1.29 is 0 Å². The van der Waals surface area contributed by atoms with Gasteiger partial charge in [-0.15, -0.1) is 0 Å². The lowest BCUT2D eigenvalue weighted by Gasteiger charge is -2.18. The third kappa shape index (κ3) is 2.81. The molecule has 4 nitrogen and oxygen atoms in total. The predicted molar refractivity (Wildman–Crippen MR) is 65.9 cm³/mol. The minimum Gasteiger partial charge on any atom is -0.354 e. The highest BCUT2D eigenvalue weighted by molar-refractivity contribution is 9.09. The van der Waals surface area contributed by atoms with Gasteiger partial charge < -0.3 is 9.47 Å². The molecule has 0 radical (unpaired) electrons. The molecule has 0 atom stereocenters. The zero-order valence-corrected chi connectivity index (χ0v) is 10.9. The molecule has 0 aliphatic carbocycles. The average Bonchev–Trinajstić information content (AvgIpc) is 2.17. The van der Waals surface area contributed by atoms with Gasteiger partial charge in [0.2, 0.25) is 0 Å². The highest BCUT2D eigenvalue weighted by Crippen LogP contribution is 2.04. The van der Waals surface area contributed by atoms with E-state index in [9.17, 15) is 4.79 Å². The Hall–Kier alpha value is -0.840. The van der Waals surface area contributed by atoms with Crippen LogP contribution in [0, 0.1) is 0 Å².